The predicted octanol–water partition coefficient (Wildman–Crippen LogP) is 4.50. The average molecular weight is 415 g/mol. The fraction of sp³-hybridized carbons (Fsp3) is 0.435. The lowest BCUT2D eigenvalue weighted by Crippen LogP contribution is -2.35. The number of benzene rings is 2. The molecule has 1 saturated carbocycles. The molecule has 2 aromatic carbocycles. The molecule has 0 saturated heterocycles. The van der Waals surface area contributed by atoms with E-state index in [-0.39, 0.29) is 18.5 Å². The minimum Gasteiger partial charge on any atom is -0.349 e. The number of rotatable bonds is 6. The molecule has 1 fully saturated rings. The minimum absolute atomic E-state index is 0.0870. The Morgan fingerprint density at radius 1 is 0.931 bits per heavy atom. The Balaban J connectivity index is 1.70. The van der Waals surface area contributed by atoms with E-state index in [9.17, 15) is 13.2 Å². The van der Waals surface area contributed by atoms with Crippen molar-refractivity contribution in [3.05, 3.63) is 65.7 Å². The van der Waals surface area contributed by atoms with E-state index in [0.29, 0.717) is 11.3 Å². The van der Waals surface area contributed by atoms with Crippen LogP contribution in [-0.2, 0) is 16.6 Å². The van der Waals surface area contributed by atoms with Crippen LogP contribution in [-0.4, -0.2) is 26.6 Å². The van der Waals surface area contributed by atoms with Gasteiger partial charge in [-0.05, 0) is 42.7 Å². The molecule has 1 amide bonds. The Kier molecular flexibility index (Phi) is 7.31. The summed E-state index contributed by atoms with van der Waals surface area (Å²) < 4.78 is 26.0. The zero-order valence-corrected chi connectivity index (χ0v) is 17.8. The summed E-state index contributed by atoms with van der Waals surface area (Å²) in [6.45, 7) is 0.257. The van der Waals surface area contributed by atoms with E-state index in [0.717, 1.165) is 31.2 Å². The van der Waals surface area contributed by atoms with E-state index in [2.05, 4.69) is 5.32 Å². The lowest BCUT2D eigenvalue weighted by atomic mass is 9.96. The summed E-state index contributed by atoms with van der Waals surface area (Å²) in [5, 5.41) is 3.15. The molecule has 1 aliphatic rings. The number of anilines is 1. The number of hydrogen-bond donors (Lipinski definition) is 1. The molecule has 0 atom stereocenters. The van der Waals surface area contributed by atoms with Crippen LogP contribution in [0.3, 0.4) is 0 Å². The smallest absolute Gasteiger partial charge is 0.251 e. The summed E-state index contributed by atoms with van der Waals surface area (Å²) in [5.41, 5.74) is 2.02. The number of nitrogens with one attached hydrogen (secondary N) is 1. The number of hydrogen-bond acceptors (Lipinski definition) is 3. The second kappa shape index (κ2) is 9.92. The van der Waals surface area contributed by atoms with Crippen molar-refractivity contribution < 1.29 is 13.2 Å². The summed E-state index contributed by atoms with van der Waals surface area (Å²) >= 11 is 0. The lowest BCUT2D eigenvalue weighted by molar-refractivity contribution is 0.0930. The van der Waals surface area contributed by atoms with Crippen molar-refractivity contribution in [3.63, 3.8) is 0 Å². The first-order valence-corrected chi connectivity index (χ1v) is 12.2. The lowest BCUT2D eigenvalue weighted by Gasteiger charge is -2.23. The highest BCUT2D eigenvalue weighted by molar-refractivity contribution is 7.92. The van der Waals surface area contributed by atoms with Crippen LogP contribution < -0.4 is 9.62 Å². The van der Waals surface area contributed by atoms with E-state index >= 15 is 0 Å². The third kappa shape index (κ3) is 6.32. The van der Waals surface area contributed by atoms with Gasteiger partial charge in [0.15, 0.2) is 0 Å². The fourth-order valence-electron chi connectivity index (χ4n) is 3.80. The van der Waals surface area contributed by atoms with Gasteiger partial charge >= 0.3 is 0 Å². The van der Waals surface area contributed by atoms with Crippen LogP contribution in [0.5, 0.6) is 0 Å². The quantitative estimate of drug-likeness (QED) is 0.757. The molecule has 1 aliphatic carbocycles. The maximum absolute atomic E-state index is 12.6. The van der Waals surface area contributed by atoms with Gasteiger partial charge in [0.2, 0.25) is 10.0 Å². The van der Waals surface area contributed by atoms with Crippen molar-refractivity contribution in [3.8, 4) is 0 Å². The number of nitrogens with zero attached hydrogens (tertiary/aromatic N) is 1. The molecule has 29 heavy (non-hydrogen) atoms. The molecule has 0 aliphatic heterocycles. The molecule has 0 radical (unpaired) electrons. The zero-order valence-electron chi connectivity index (χ0n) is 17.0. The molecule has 5 nitrogen and oxygen atoms in total. The van der Waals surface area contributed by atoms with Crippen molar-refractivity contribution in [2.24, 2.45) is 0 Å². The highest BCUT2D eigenvalue weighted by atomic mass is 32.2. The van der Waals surface area contributed by atoms with Gasteiger partial charge in [-0.3, -0.25) is 9.10 Å². The highest BCUT2D eigenvalue weighted by Gasteiger charge is 2.19. The van der Waals surface area contributed by atoms with Crippen LogP contribution in [0.1, 0.15) is 60.9 Å². The minimum atomic E-state index is -3.45. The fourth-order valence-corrected chi connectivity index (χ4v) is 4.69. The first-order chi connectivity index (χ1) is 13.9. The van der Waals surface area contributed by atoms with Gasteiger partial charge in [0.05, 0.1) is 18.5 Å². The van der Waals surface area contributed by atoms with E-state index in [1.54, 1.807) is 24.3 Å². The molecule has 6 heteroatoms. The standard InChI is InChI=1S/C23H30N2O3S/c1-29(27,28)25(18-19-10-6-5-7-11-19)22-16-14-20(15-17-22)23(26)24-21-12-8-3-2-4-9-13-21/h5-7,10-11,14-17,21H,2-4,8-9,12-13,18H2,1H3,(H,24,26). The second-order valence-electron chi connectivity index (χ2n) is 7.82. The van der Waals surface area contributed by atoms with Gasteiger partial charge in [-0.1, -0.05) is 62.4 Å². The van der Waals surface area contributed by atoms with E-state index in [1.165, 1.54) is 29.8 Å². The Bertz CT molecular complexity index is 887. The van der Waals surface area contributed by atoms with E-state index < -0.39 is 10.0 Å². The maximum atomic E-state index is 12.6. The second-order valence-corrected chi connectivity index (χ2v) is 9.72. The Morgan fingerprint density at radius 2 is 1.52 bits per heavy atom. The molecule has 0 bridgehead atoms. The zero-order chi connectivity index (χ0) is 20.7. The normalized spacial score (nSPS) is 15.9. The summed E-state index contributed by atoms with van der Waals surface area (Å²) in [6, 6.07) is 16.5. The van der Waals surface area contributed by atoms with E-state index in [1.807, 2.05) is 30.3 Å². The summed E-state index contributed by atoms with van der Waals surface area (Å²) in [7, 11) is -3.45. The van der Waals surface area contributed by atoms with Gasteiger partial charge in [-0.15, -0.1) is 0 Å². The van der Waals surface area contributed by atoms with Crippen LogP contribution in [0.15, 0.2) is 54.6 Å². The first-order valence-electron chi connectivity index (χ1n) is 10.4. The van der Waals surface area contributed by atoms with Crippen molar-refractivity contribution in [1.82, 2.24) is 5.32 Å². The molecule has 0 unspecified atom stereocenters. The van der Waals surface area contributed by atoms with Crippen LogP contribution in [0, 0.1) is 0 Å². The monoisotopic (exact) mass is 414 g/mol. The molecule has 0 spiro atoms. The molecular formula is C23H30N2O3S. The van der Waals surface area contributed by atoms with Crippen molar-refractivity contribution in [2.75, 3.05) is 10.6 Å². The van der Waals surface area contributed by atoms with Gasteiger partial charge in [0.25, 0.3) is 5.91 Å². The first kappa shape index (κ1) is 21.4. The maximum Gasteiger partial charge on any atom is 0.251 e. The summed E-state index contributed by atoms with van der Waals surface area (Å²) in [6.07, 6.45) is 9.35. The Labute approximate surface area is 174 Å². The Morgan fingerprint density at radius 3 is 2.10 bits per heavy atom. The van der Waals surface area contributed by atoms with E-state index in [4.69, 9.17) is 0 Å². The van der Waals surface area contributed by atoms with Crippen molar-refractivity contribution >= 4 is 21.6 Å². The SMILES string of the molecule is CS(=O)(=O)N(Cc1ccccc1)c1ccc(C(=O)NC2CCCCCCC2)cc1. The highest BCUT2D eigenvalue weighted by Crippen LogP contribution is 2.22. The van der Waals surface area contributed by atoms with Gasteiger partial charge in [-0.25, -0.2) is 8.42 Å². The topological polar surface area (TPSA) is 66.5 Å². The summed E-state index contributed by atoms with van der Waals surface area (Å²) in [4.78, 5) is 12.6. The third-order valence-electron chi connectivity index (χ3n) is 5.43. The number of carbonyl (C=O) groups excluding carboxylic acids is 1. The van der Waals surface area contributed by atoms with Gasteiger partial charge < -0.3 is 5.32 Å². The molecule has 2 aromatic rings. The van der Waals surface area contributed by atoms with Crippen LogP contribution in [0.25, 0.3) is 0 Å². The average Bonchev–Trinajstić information content (AvgIpc) is 2.68. The number of sulfonamides is 1. The molecule has 0 heterocycles. The molecule has 1 N–H and O–H groups in total. The van der Waals surface area contributed by atoms with Gasteiger partial charge in [-0.2, -0.15) is 0 Å². The molecule has 3 rings (SSSR count). The van der Waals surface area contributed by atoms with Gasteiger partial charge in [0, 0.05) is 11.6 Å². The summed E-state index contributed by atoms with van der Waals surface area (Å²) in [5.74, 6) is -0.0870. The van der Waals surface area contributed by atoms with Crippen molar-refractivity contribution in [1.29, 1.82) is 0 Å². The third-order valence-corrected chi connectivity index (χ3v) is 6.57. The van der Waals surface area contributed by atoms with Crippen LogP contribution in [0.4, 0.5) is 5.69 Å². The predicted molar refractivity (Wildman–Crippen MR) is 117 cm³/mol. The van der Waals surface area contributed by atoms with Crippen LogP contribution in [0.2, 0.25) is 0 Å². The van der Waals surface area contributed by atoms with Gasteiger partial charge in [0.1, 0.15) is 0 Å². The number of amides is 1. The van der Waals surface area contributed by atoms with Crippen LogP contribution >= 0.6 is 0 Å². The molecular weight excluding hydrogens is 384 g/mol. The number of carbonyl (C=O) groups is 1. The molecule has 0 aromatic heterocycles. The Hall–Kier alpha value is -2.34. The van der Waals surface area contributed by atoms with Crippen molar-refractivity contribution in [2.45, 2.75) is 57.5 Å². The largest absolute Gasteiger partial charge is 0.349 e. The molecule has 156 valence electrons.